The van der Waals surface area contributed by atoms with Gasteiger partial charge in [0.25, 0.3) is 0 Å². The monoisotopic (exact) mass is 228 g/mol. The summed E-state index contributed by atoms with van der Waals surface area (Å²) in [4.78, 5) is 18.7. The van der Waals surface area contributed by atoms with Crippen molar-refractivity contribution in [2.24, 2.45) is 0 Å². The molecule has 0 unspecified atom stereocenters. The first-order valence-corrected chi connectivity index (χ1v) is 5.64. The van der Waals surface area contributed by atoms with Gasteiger partial charge in [-0.3, -0.25) is 4.79 Å². The van der Waals surface area contributed by atoms with Gasteiger partial charge >= 0.3 is 0 Å². The zero-order valence-electron chi connectivity index (χ0n) is 10.6. The van der Waals surface area contributed by atoms with E-state index >= 15 is 0 Å². The summed E-state index contributed by atoms with van der Waals surface area (Å²) in [6, 6.07) is 6.23. The third-order valence-electron chi connectivity index (χ3n) is 2.86. The topological polar surface area (TPSA) is 45.8 Å². The highest BCUT2D eigenvalue weighted by atomic mass is 16.1. The summed E-state index contributed by atoms with van der Waals surface area (Å²) in [5.41, 5.74) is 5.28. The number of nitrogens with zero attached hydrogens (tertiary/aromatic N) is 1. The van der Waals surface area contributed by atoms with Crippen molar-refractivity contribution in [3.05, 3.63) is 40.8 Å². The molecule has 0 amide bonds. The number of hydrogen-bond donors (Lipinski definition) is 1. The zero-order valence-corrected chi connectivity index (χ0v) is 10.6. The number of Topliss-reactive ketones (excluding diaryl/α,β-unsaturated/α-hetero) is 1. The van der Waals surface area contributed by atoms with Gasteiger partial charge in [0.05, 0.1) is 5.69 Å². The lowest BCUT2D eigenvalue weighted by Gasteiger charge is -2.04. The molecule has 0 spiro atoms. The zero-order chi connectivity index (χ0) is 12.6. The Morgan fingerprint density at radius 1 is 1.24 bits per heavy atom. The molecule has 0 bridgehead atoms. The van der Waals surface area contributed by atoms with Crippen LogP contribution in [0.5, 0.6) is 0 Å². The number of imidazole rings is 1. The Bertz CT molecular complexity index is 582. The Morgan fingerprint density at radius 3 is 2.47 bits per heavy atom. The van der Waals surface area contributed by atoms with Gasteiger partial charge in [-0.1, -0.05) is 23.8 Å². The molecule has 1 N–H and O–H groups in total. The van der Waals surface area contributed by atoms with Crippen molar-refractivity contribution < 1.29 is 4.79 Å². The van der Waals surface area contributed by atoms with Gasteiger partial charge in [-0.15, -0.1) is 0 Å². The minimum Gasteiger partial charge on any atom is -0.339 e. The van der Waals surface area contributed by atoms with Gasteiger partial charge < -0.3 is 4.98 Å². The van der Waals surface area contributed by atoms with Crippen LogP contribution in [0, 0.1) is 20.8 Å². The molecule has 0 aliphatic rings. The van der Waals surface area contributed by atoms with Crippen molar-refractivity contribution in [3.63, 3.8) is 0 Å². The summed E-state index contributed by atoms with van der Waals surface area (Å²) in [6.07, 6.45) is 0. The number of hydrogen-bond acceptors (Lipinski definition) is 2. The molecule has 0 aliphatic heterocycles. The molecule has 2 aromatic rings. The molecule has 0 saturated heterocycles. The Kier molecular flexibility index (Phi) is 2.84. The average molecular weight is 228 g/mol. The van der Waals surface area contributed by atoms with Crippen LogP contribution in [-0.4, -0.2) is 15.8 Å². The van der Waals surface area contributed by atoms with Crippen LogP contribution in [0.15, 0.2) is 18.2 Å². The van der Waals surface area contributed by atoms with Crippen LogP contribution in [0.3, 0.4) is 0 Å². The molecule has 3 heteroatoms. The maximum absolute atomic E-state index is 11.3. The van der Waals surface area contributed by atoms with E-state index in [2.05, 4.69) is 42.0 Å². The first kappa shape index (κ1) is 11.6. The third kappa shape index (κ3) is 2.13. The maximum atomic E-state index is 11.3. The van der Waals surface area contributed by atoms with Crippen LogP contribution < -0.4 is 0 Å². The fourth-order valence-corrected chi connectivity index (χ4v) is 1.97. The molecule has 2 rings (SSSR count). The number of rotatable bonds is 2. The van der Waals surface area contributed by atoms with Crippen molar-refractivity contribution in [1.29, 1.82) is 0 Å². The SMILES string of the molecule is CC(=O)c1nc(-c2ccc(C)cc2C)c(C)[nH]1. The van der Waals surface area contributed by atoms with Crippen molar-refractivity contribution >= 4 is 5.78 Å². The van der Waals surface area contributed by atoms with E-state index in [1.807, 2.05) is 6.92 Å². The number of aromatic amines is 1. The predicted molar refractivity (Wildman–Crippen MR) is 68.2 cm³/mol. The number of nitrogens with one attached hydrogen (secondary N) is 1. The highest BCUT2D eigenvalue weighted by Gasteiger charge is 2.13. The lowest BCUT2D eigenvalue weighted by atomic mass is 10.0. The van der Waals surface area contributed by atoms with Crippen LogP contribution in [0.1, 0.15) is 34.4 Å². The second-order valence-corrected chi connectivity index (χ2v) is 4.43. The van der Waals surface area contributed by atoms with E-state index in [1.54, 1.807) is 0 Å². The van der Waals surface area contributed by atoms with E-state index < -0.39 is 0 Å². The van der Waals surface area contributed by atoms with E-state index in [0.29, 0.717) is 5.82 Å². The average Bonchev–Trinajstić information content (AvgIpc) is 2.61. The molecule has 0 saturated carbocycles. The number of H-pyrrole nitrogens is 1. The van der Waals surface area contributed by atoms with E-state index in [1.165, 1.54) is 18.1 Å². The minimum atomic E-state index is -0.0379. The van der Waals surface area contributed by atoms with E-state index in [4.69, 9.17) is 0 Å². The van der Waals surface area contributed by atoms with Gasteiger partial charge in [0.2, 0.25) is 0 Å². The predicted octanol–water partition coefficient (Wildman–Crippen LogP) is 3.20. The standard InChI is InChI=1S/C14H16N2O/c1-8-5-6-12(9(2)7-8)13-10(3)15-14(16-13)11(4)17/h5-7H,1-4H3,(H,15,16). The Balaban J connectivity index is 2.56. The van der Waals surface area contributed by atoms with Gasteiger partial charge in [0, 0.05) is 18.2 Å². The Labute approximate surface area is 101 Å². The smallest absolute Gasteiger partial charge is 0.195 e. The number of carbonyl (C=O) groups is 1. The molecule has 1 heterocycles. The third-order valence-corrected chi connectivity index (χ3v) is 2.86. The molecular formula is C14H16N2O. The molecule has 1 aromatic carbocycles. The summed E-state index contributed by atoms with van der Waals surface area (Å²) < 4.78 is 0. The summed E-state index contributed by atoms with van der Waals surface area (Å²) in [7, 11) is 0. The second-order valence-electron chi connectivity index (χ2n) is 4.43. The highest BCUT2D eigenvalue weighted by Crippen LogP contribution is 2.25. The maximum Gasteiger partial charge on any atom is 0.195 e. The quantitative estimate of drug-likeness (QED) is 0.802. The van der Waals surface area contributed by atoms with E-state index in [0.717, 1.165) is 17.0 Å². The normalized spacial score (nSPS) is 10.6. The molecule has 0 fully saturated rings. The van der Waals surface area contributed by atoms with Gasteiger partial charge in [-0.2, -0.15) is 0 Å². The first-order chi connectivity index (χ1) is 7.99. The molecule has 1 aromatic heterocycles. The Hall–Kier alpha value is -1.90. The van der Waals surface area contributed by atoms with Crippen LogP contribution >= 0.6 is 0 Å². The molecule has 3 nitrogen and oxygen atoms in total. The van der Waals surface area contributed by atoms with E-state index in [9.17, 15) is 4.79 Å². The van der Waals surface area contributed by atoms with Crippen molar-refractivity contribution in [2.45, 2.75) is 27.7 Å². The number of carbonyl (C=O) groups excluding carboxylic acids is 1. The van der Waals surface area contributed by atoms with Crippen LogP contribution in [-0.2, 0) is 0 Å². The number of aryl methyl sites for hydroxylation is 3. The fraction of sp³-hybridized carbons (Fsp3) is 0.286. The first-order valence-electron chi connectivity index (χ1n) is 5.64. The Morgan fingerprint density at radius 2 is 1.94 bits per heavy atom. The summed E-state index contributed by atoms with van der Waals surface area (Å²) in [6.45, 7) is 7.58. The molecule has 0 atom stereocenters. The van der Waals surface area contributed by atoms with Crippen LogP contribution in [0.2, 0.25) is 0 Å². The minimum absolute atomic E-state index is 0.0379. The molecule has 88 valence electrons. The van der Waals surface area contributed by atoms with Gasteiger partial charge in [-0.25, -0.2) is 4.98 Å². The van der Waals surface area contributed by atoms with Crippen molar-refractivity contribution in [2.75, 3.05) is 0 Å². The van der Waals surface area contributed by atoms with Crippen molar-refractivity contribution in [1.82, 2.24) is 9.97 Å². The number of benzene rings is 1. The lowest BCUT2D eigenvalue weighted by molar-refractivity contribution is 0.100. The van der Waals surface area contributed by atoms with Gasteiger partial charge in [0.15, 0.2) is 11.6 Å². The molecule has 17 heavy (non-hydrogen) atoms. The summed E-state index contributed by atoms with van der Waals surface area (Å²) in [5, 5.41) is 0. The lowest BCUT2D eigenvalue weighted by Crippen LogP contribution is -1.94. The van der Waals surface area contributed by atoms with E-state index in [-0.39, 0.29) is 5.78 Å². The highest BCUT2D eigenvalue weighted by molar-refractivity contribution is 5.91. The number of ketones is 1. The van der Waals surface area contributed by atoms with Crippen LogP contribution in [0.25, 0.3) is 11.3 Å². The fourth-order valence-electron chi connectivity index (χ4n) is 1.97. The van der Waals surface area contributed by atoms with Gasteiger partial charge in [0.1, 0.15) is 0 Å². The van der Waals surface area contributed by atoms with Crippen molar-refractivity contribution in [3.8, 4) is 11.3 Å². The molecule has 0 radical (unpaired) electrons. The summed E-state index contributed by atoms with van der Waals surface area (Å²) in [5.74, 6) is 0.390. The molecular weight excluding hydrogens is 212 g/mol. The molecule has 0 aliphatic carbocycles. The number of aromatic nitrogens is 2. The van der Waals surface area contributed by atoms with Gasteiger partial charge in [-0.05, 0) is 26.3 Å². The second kappa shape index (κ2) is 4.17. The van der Waals surface area contributed by atoms with Crippen LogP contribution in [0.4, 0.5) is 0 Å². The summed E-state index contributed by atoms with van der Waals surface area (Å²) >= 11 is 0. The largest absolute Gasteiger partial charge is 0.339 e.